The number of hydrogen-bond donors (Lipinski definition) is 3. The molecule has 0 spiro atoms. The van der Waals surface area contributed by atoms with E-state index in [1.54, 1.807) is 32.5 Å². The van der Waals surface area contributed by atoms with Crippen LogP contribution in [0.25, 0.3) is 0 Å². The summed E-state index contributed by atoms with van der Waals surface area (Å²) in [7, 11) is 3.14. The molecule has 0 aliphatic carbocycles. The molecular weight excluding hydrogens is 720 g/mol. The SMILES string of the molecule is CC(=O)Nc1ncc(CCl)s1.COc1cc(O[C@@H]2C[C@H](C)N(Cc3cnc(NC(C)=O)s3)C2)ncn1.COc1cc(O[C@H]2CN[C@@H](C)C2)ncn1. The van der Waals surface area contributed by atoms with Gasteiger partial charge in [0.1, 0.15) is 24.9 Å². The number of thiazole rings is 2. The summed E-state index contributed by atoms with van der Waals surface area (Å²) >= 11 is 8.42. The van der Waals surface area contributed by atoms with Crippen molar-refractivity contribution in [3.8, 4) is 23.5 Å². The van der Waals surface area contributed by atoms with Crippen molar-refractivity contribution in [2.45, 2.75) is 77.3 Å². The molecule has 0 radical (unpaired) electrons. The van der Waals surface area contributed by atoms with Crippen LogP contribution in [-0.4, -0.2) is 98.2 Å². The van der Waals surface area contributed by atoms with Crippen LogP contribution in [0.1, 0.15) is 50.3 Å². The third-order valence-corrected chi connectivity index (χ3v) is 9.62. The number of nitrogens with zero attached hydrogens (tertiary/aromatic N) is 7. The fraction of sp³-hybridized carbons (Fsp3) is 0.500. The lowest BCUT2D eigenvalue weighted by molar-refractivity contribution is -0.115. The van der Waals surface area contributed by atoms with E-state index in [-0.39, 0.29) is 24.0 Å². The van der Waals surface area contributed by atoms with Crippen molar-refractivity contribution in [1.29, 1.82) is 0 Å². The van der Waals surface area contributed by atoms with Crippen molar-refractivity contribution in [2.24, 2.45) is 0 Å². The third-order valence-electron chi connectivity index (χ3n) is 7.37. The minimum absolute atomic E-state index is 0.0670. The molecule has 0 aromatic carbocycles. The molecule has 3 N–H and O–H groups in total. The molecule has 276 valence electrons. The Morgan fingerprint density at radius 3 is 1.84 bits per heavy atom. The summed E-state index contributed by atoms with van der Waals surface area (Å²) in [5.74, 6) is 2.34. The molecule has 16 nitrogen and oxygen atoms in total. The second-order valence-electron chi connectivity index (χ2n) is 11.6. The van der Waals surface area contributed by atoms with Gasteiger partial charge in [0.15, 0.2) is 10.3 Å². The summed E-state index contributed by atoms with van der Waals surface area (Å²) in [6.45, 7) is 9.71. The predicted molar refractivity (Wildman–Crippen MR) is 195 cm³/mol. The number of carbonyl (C=O) groups excluding carboxylic acids is 2. The van der Waals surface area contributed by atoms with Gasteiger partial charge >= 0.3 is 0 Å². The second-order valence-corrected chi connectivity index (χ2v) is 14.1. The molecule has 0 unspecified atom stereocenters. The number of methoxy groups -OCH3 is 2. The summed E-state index contributed by atoms with van der Waals surface area (Å²) in [6.07, 6.45) is 8.54. The minimum Gasteiger partial charge on any atom is -0.481 e. The number of ether oxygens (including phenoxy) is 4. The van der Waals surface area contributed by atoms with Gasteiger partial charge in [0, 0.05) is 80.6 Å². The Balaban J connectivity index is 0.000000190. The summed E-state index contributed by atoms with van der Waals surface area (Å²) in [4.78, 5) is 50.3. The van der Waals surface area contributed by atoms with Gasteiger partial charge in [-0.1, -0.05) is 0 Å². The summed E-state index contributed by atoms with van der Waals surface area (Å²) in [6, 6.07) is 4.29. The van der Waals surface area contributed by atoms with Crippen molar-refractivity contribution in [3.63, 3.8) is 0 Å². The number of rotatable bonds is 11. The molecule has 0 saturated carbocycles. The molecule has 0 bridgehead atoms. The number of anilines is 2. The van der Waals surface area contributed by atoms with Gasteiger partial charge in [-0.15, -0.1) is 34.3 Å². The van der Waals surface area contributed by atoms with Crippen LogP contribution in [-0.2, 0) is 22.0 Å². The zero-order valence-corrected chi connectivity index (χ0v) is 31.7. The van der Waals surface area contributed by atoms with E-state index in [9.17, 15) is 9.59 Å². The van der Waals surface area contributed by atoms with Crippen molar-refractivity contribution in [2.75, 3.05) is 37.9 Å². The number of hydrogen-bond acceptors (Lipinski definition) is 16. The van der Waals surface area contributed by atoms with E-state index < -0.39 is 0 Å². The Bertz CT molecular complexity index is 1700. The maximum Gasteiger partial charge on any atom is 0.223 e. The van der Waals surface area contributed by atoms with Crippen LogP contribution in [0.15, 0.2) is 37.2 Å². The van der Waals surface area contributed by atoms with Gasteiger partial charge < -0.3 is 34.9 Å². The Labute approximate surface area is 309 Å². The van der Waals surface area contributed by atoms with Crippen molar-refractivity contribution >= 4 is 56.4 Å². The first-order valence-electron chi connectivity index (χ1n) is 16.1. The van der Waals surface area contributed by atoms with Crippen LogP contribution in [0, 0.1) is 0 Å². The molecule has 6 heterocycles. The van der Waals surface area contributed by atoms with E-state index in [2.05, 4.69) is 64.6 Å². The monoisotopic (exact) mass is 762 g/mol. The van der Waals surface area contributed by atoms with E-state index in [1.807, 2.05) is 6.20 Å². The van der Waals surface area contributed by atoms with Crippen molar-refractivity contribution in [1.82, 2.24) is 40.1 Å². The van der Waals surface area contributed by atoms with Gasteiger partial charge in [-0.25, -0.2) is 29.9 Å². The highest BCUT2D eigenvalue weighted by molar-refractivity contribution is 7.16. The highest BCUT2D eigenvalue weighted by atomic mass is 35.5. The molecular formula is C32H43ClN10O6S2. The van der Waals surface area contributed by atoms with Crippen molar-refractivity contribution in [3.05, 3.63) is 46.9 Å². The summed E-state index contributed by atoms with van der Waals surface area (Å²) in [5, 5.41) is 9.84. The Morgan fingerprint density at radius 2 is 1.35 bits per heavy atom. The van der Waals surface area contributed by atoms with E-state index in [1.165, 1.54) is 49.2 Å². The number of likely N-dealkylation sites (tertiary alicyclic amines) is 1. The molecule has 2 fully saturated rings. The molecule has 4 atom stereocenters. The average Bonchev–Trinajstić information content (AvgIpc) is 3.91. The first kappa shape index (κ1) is 39.6. The lowest BCUT2D eigenvalue weighted by atomic mass is 10.2. The quantitative estimate of drug-likeness (QED) is 0.183. The van der Waals surface area contributed by atoms with E-state index >= 15 is 0 Å². The summed E-state index contributed by atoms with van der Waals surface area (Å²) < 4.78 is 21.8. The molecule has 4 aromatic heterocycles. The maximum atomic E-state index is 11.1. The Hall–Kier alpha value is -4.23. The van der Waals surface area contributed by atoms with Gasteiger partial charge in [-0.2, -0.15) is 0 Å². The van der Waals surface area contributed by atoms with E-state index in [0.717, 1.165) is 42.2 Å². The predicted octanol–water partition coefficient (Wildman–Crippen LogP) is 4.40. The molecule has 2 saturated heterocycles. The number of alkyl halides is 1. The van der Waals surface area contributed by atoms with E-state index in [4.69, 9.17) is 30.5 Å². The standard InChI is InChI=1S/C16H21N5O3S.C10H15N3O2.C6H7ClN2OS/c1-10-4-12(24-15-5-14(23-3)18-9-19-15)7-21(10)8-13-6-17-16(25-13)20-11(2)22;1-7-3-8(5-11-7)15-10-4-9(14-2)12-6-13-10;1-4(10)9-6-8-3-5(2-7)11-6/h5-6,9-10,12H,4,7-8H2,1-3H3,(H,17,20,22);4,6-8,11H,3,5H2,1-2H3;3H,2H2,1H3,(H,8,9,10)/t10-,12+;7-,8+;/m00./s1. The summed E-state index contributed by atoms with van der Waals surface area (Å²) in [5.41, 5.74) is 0. The van der Waals surface area contributed by atoms with Crippen LogP contribution < -0.4 is 34.9 Å². The largest absolute Gasteiger partial charge is 0.481 e. The van der Waals surface area contributed by atoms with E-state index in [0.29, 0.717) is 51.7 Å². The van der Waals surface area contributed by atoms with Crippen molar-refractivity contribution < 1.29 is 28.5 Å². The Kier molecular flexibility index (Phi) is 15.5. The number of carbonyl (C=O) groups is 2. The van der Waals surface area contributed by atoms with Gasteiger partial charge in [0.05, 0.1) is 32.2 Å². The highest BCUT2D eigenvalue weighted by Gasteiger charge is 2.31. The normalized spacial score (nSPS) is 19.5. The van der Waals surface area contributed by atoms with Crippen LogP contribution in [0.2, 0.25) is 0 Å². The van der Waals surface area contributed by atoms with Crippen LogP contribution >= 0.6 is 34.3 Å². The zero-order chi connectivity index (χ0) is 36.8. The maximum absolute atomic E-state index is 11.1. The van der Waals surface area contributed by atoms with Gasteiger partial charge in [0.2, 0.25) is 35.3 Å². The molecule has 6 rings (SSSR count). The van der Waals surface area contributed by atoms with Crippen LogP contribution in [0.5, 0.6) is 23.5 Å². The first-order valence-corrected chi connectivity index (χ1v) is 18.2. The fourth-order valence-electron chi connectivity index (χ4n) is 5.04. The third kappa shape index (κ3) is 13.4. The van der Waals surface area contributed by atoms with Crippen LogP contribution in [0.3, 0.4) is 0 Å². The molecule has 2 amide bonds. The zero-order valence-electron chi connectivity index (χ0n) is 29.3. The van der Waals surface area contributed by atoms with Gasteiger partial charge in [-0.3, -0.25) is 14.5 Å². The van der Waals surface area contributed by atoms with Crippen LogP contribution in [0.4, 0.5) is 10.3 Å². The Morgan fingerprint density at radius 1 is 0.824 bits per heavy atom. The molecule has 4 aromatic rings. The molecule has 51 heavy (non-hydrogen) atoms. The second kappa shape index (κ2) is 20.0. The van der Waals surface area contributed by atoms with Gasteiger partial charge in [-0.05, 0) is 13.8 Å². The lowest BCUT2D eigenvalue weighted by Crippen LogP contribution is -2.27. The molecule has 19 heteroatoms. The number of halogens is 1. The fourth-order valence-corrected chi connectivity index (χ4v) is 6.87. The topological polar surface area (TPSA) is 188 Å². The smallest absolute Gasteiger partial charge is 0.223 e. The number of amides is 2. The number of nitrogens with one attached hydrogen (secondary N) is 3. The molecule has 2 aliphatic heterocycles. The number of aromatic nitrogens is 6. The first-order chi connectivity index (χ1) is 24.5. The highest BCUT2D eigenvalue weighted by Crippen LogP contribution is 2.27. The van der Waals surface area contributed by atoms with Gasteiger partial charge in [0.25, 0.3) is 0 Å². The molecule has 2 aliphatic rings. The lowest BCUT2D eigenvalue weighted by Gasteiger charge is -2.19. The minimum atomic E-state index is -0.111. The average molecular weight is 763 g/mol.